The normalized spacial score (nSPS) is 17.9. The van der Waals surface area contributed by atoms with Crippen molar-refractivity contribution < 1.29 is 9.84 Å². The Kier molecular flexibility index (Phi) is 2.94. The highest BCUT2D eigenvalue weighted by atomic mass is 35.5. The molecule has 0 amide bonds. The summed E-state index contributed by atoms with van der Waals surface area (Å²) in [4.78, 5) is 0. The van der Waals surface area contributed by atoms with Crippen LogP contribution in [0.1, 0.15) is 12.8 Å². The standard InChI is InChI=1S/C11H13ClO2/c12-9-2-1-3-10(6-9)14-7-11(13)8-4-5-8/h1-3,6,8,11,13H,4-5,7H2. The van der Waals surface area contributed by atoms with Crippen molar-refractivity contribution in [2.45, 2.75) is 18.9 Å². The van der Waals surface area contributed by atoms with Crippen molar-refractivity contribution in [3.8, 4) is 5.75 Å². The van der Waals surface area contributed by atoms with E-state index in [1.807, 2.05) is 12.1 Å². The Morgan fingerprint density at radius 2 is 2.29 bits per heavy atom. The lowest BCUT2D eigenvalue weighted by atomic mass is 10.2. The largest absolute Gasteiger partial charge is 0.491 e. The molecule has 0 aromatic heterocycles. The van der Waals surface area contributed by atoms with Gasteiger partial charge in [0.25, 0.3) is 0 Å². The number of halogens is 1. The quantitative estimate of drug-likeness (QED) is 0.831. The minimum Gasteiger partial charge on any atom is -0.491 e. The average molecular weight is 213 g/mol. The number of aliphatic hydroxyl groups excluding tert-OH is 1. The molecule has 3 heteroatoms. The van der Waals surface area contributed by atoms with Crippen molar-refractivity contribution in [2.75, 3.05) is 6.61 Å². The van der Waals surface area contributed by atoms with Crippen molar-refractivity contribution in [3.63, 3.8) is 0 Å². The van der Waals surface area contributed by atoms with Crippen molar-refractivity contribution in [1.82, 2.24) is 0 Å². The lowest BCUT2D eigenvalue weighted by Gasteiger charge is -2.11. The summed E-state index contributed by atoms with van der Waals surface area (Å²) in [7, 11) is 0. The van der Waals surface area contributed by atoms with E-state index in [1.165, 1.54) is 0 Å². The number of rotatable bonds is 4. The van der Waals surface area contributed by atoms with E-state index in [1.54, 1.807) is 12.1 Å². The Bertz CT molecular complexity index is 310. The highest BCUT2D eigenvalue weighted by molar-refractivity contribution is 6.30. The smallest absolute Gasteiger partial charge is 0.120 e. The molecule has 0 aliphatic heterocycles. The molecular formula is C11H13ClO2. The van der Waals surface area contributed by atoms with E-state index in [9.17, 15) is 5.11 Å². The van der Waals surface area contributed by atoms with Gasteiger partial charge in [0.15, 0.2) is 0 Å². The molecule has 1 aromatic rings. The third kappa shape index (κ3) is 2.63. The molecule has 14 heavy (non-hydrogen) atoms. The fourth-order valence-electron chi connectivity index (χ4n) is 1.36. The Morgan fingerprint density at radius 3 is 2.93 bits per heavy atom. The van der Waals surface area contributed by atoms with Crippen LogP contribution in [0.2, 0.25) is 5.02 Å². The van der Waals surface area contributed by atoms with Gasteiger partial charge in [0.05, 0.1) is 6.10 Å². The van der Waals surface area contributed by atoms with E-state index in [2.05, 4.69) is 0 Å². The first-order chi connectivity index (χ1) is 6.75. The van der Waals surface area contributed by atoms with Crippen LogP contribution in [0, 0.1) is 5.92 Å². The first-order valence-electron chi connectivity index (χ1n) is 4.82. The van der Waals surface area contributed by atoms with Crippen LogP contribution in [0.3, 0.4) is 0 Å². The van der Waals surface area contributed by atoms with Gasteiger partial charge in [0.2, 0.25) is 0 Å². The zero-order valence-electron chi connectivity index (χ0n) is 7.82. The van der Waals surface area contributed by atoms with E-state index in [-0.39, 0.29) is 6.10 Å². The van der Waals surface area contributed by atoms with Crippen LogP contribution in [0.4, 0.5) is 0 Å². The van der Waals surface area contributed by atoms with Crippen molar-refractivity contribution in [2.24, 2.45) is 5.92 Å². The summed E-state index contributed by atoms with van der Waals surface area (Å²) in [5, 5.41) is 10.2. The fourth-order valence-corrected chi connectivity index (χ4v) is 1.54. The van der Waals surface area contributed by atoms with Crippen LogP contribution in [-0.2, 0) is 0 Å². The molecule has 0 saturated heterocycles. The minimum atomic E-state index is -0.325. The van der Waals surface area contributed by atoms with Crippen molar-refractivity contribution in [3.05, 3.63) is 29.3 Å². The second-order valence-corrected chi connectivity index (χ2v) is 4.11. The monoisotopic (exact) mass is 212 g/mol. The van der Waals surface area contributed by atoms with Gasteiger partial charge in [-0.3, -0.25) is 0 Å². The maximum absolute atomic E-state index is 9.56. The molecule has 0 radical (unpaired) electrons. The summed E-state index contributed by atoms with van der Waals surface area (Å²) in [6, 6.07) is 7.22. The summed E-state index contributed by atoms with van der Waals surface area (Å²) >= 11 is 5.79. The summed E-state index contributed by atoms with van der Waals surface area (Å²) in [5.41, 5.74) is 0. The van der Waals surface area contributed by atoms with Gasteiger partial charge >= 0.3 is 0 Å². The molecule has 1 aliphatic rings. The topological polar surface area (TPSA) is 29.5 Å². The first kappa shape index (κ1) is 9.81. The lowest BCUT2D eigenvalue weighted by Crippen LogP contribution is -2.19. The lowest BCUT2D eigenvalue weighted by molar-refractivity contribution is 0.0894. The predicted octanol–water partition coefficient (Wildman–Crippen LogP) is 2.49. The van der Waals surface area contributed by atoms with Gasteiger partial charge in [0, 0.05) is 5.02 Å². The zero-order valence-corrected chi connectivity index (χ0v) is 8.57. The zero-order chi connectivity index (χ0) is 9.97. The van der Waals surface area contributed by atoms with E-state index >= 15 is 0 Å². The Morgan fingerprint density at radius 1 is 1.50 bits per heavy atom. The maximum atomic E-state index is 9.56. The van der Waals surface area contributed by atoms with Gasteiger partial charge < -0.3 is 9.84 Å². The van der Waals surface area contributed by atoms with E-state index in [0.717, 1.165) is 18.6 Å². The van der Waals surface area contributed by atoms with Crippen LogP contribution in [-0.4, -0.2) is 17.8 Å². The summed E-state index contributed by atoms with van der Waals surface area (Å²) < 4.78 is 5.42. The van der Waals surface area contributed by atoms with Crippen LogP contribution >= 0.6 is 11.6 Å². The molecule has 1 N–H and O–H groups in total. The molecule has 0 spiro atoms. The SMILES string of the molecule is OC(COc1cccc(Cl)c1)C1CC1. The summed E-state index contributed by atoms with van der Waals surface area (Å²) in [6.07, 6.45) is 1.93. The molecule has 1 aliphatic carbocycles. The van der Waals surface area contributed by atoms with Gasteiger partial charge in [-0.25, -0.2) is 0 Å². The summed E-state index contributed by atoms with van der Waals surface area (Å²) in [6.45, 7) is 0.366. The molecule has 1 aromatic carbocycles. The maximum Gasteiger partial charge on any atom is 0.120 e. The third-order valence-corrected chi connectivity index (χ3v) is 2.62. The van der Waals surface area contributed by atoms with Crippen LogP contribution in [0.15, 0.2) is 24.3 Å². The number of ether oxygens (including phenoxy) is 1. The Balaban J connectivity index is 1.84. The highest BCUT2D eigenvalue weighted by Gasteiger charge is 2.29. The molecule has 1 fully saturated rings. The molecule has 1 saturated carbocycles. The van der Waals surface area contributed by atoms with E-state index < -0.39 is 0 Å². The van der Waals surface area contributed by atoms with Crippen molar-refractivity contribution in [1.29, 1.82) is 0 Å². The minimum absolute atomic E-state index is 0.325. The van der Waals surface area contributed by atoms with Gasteiger partial charge in [-0.05, 0) is 37.0 Å². The molecule has 2 nitrogen and oxygen atoms in total. The third-order valence-electron chi connectivity index (χ3n) is 2.38. The second-order valence-electron chi connectivity index (χ2n) is 3.67. The second kappa shape index (κ2) is 4.20. The van der Waals surface area contributed by atoms with Gasteiger partial charge in [-0.15, -0.1) is 0 Å². The molecule has 1 unspecified atom stereocenters. The molecule has 1 atom stereocenters. The average Bonchev–Trinajstić information content (AvgIpc) is 2.97. The fraction of sp³-hybridized carbons (Fsp3) is 0.455. The van der Waals surface area contributed by atoms with E-state index in [0.29, 0.717) is 17.5 Å². The van der Waals surface area contributed by atoms with Gasteiger partial charge in [-0.2, -0.15) is 0 Å². The van der Waals surface area contributed by atoms with Crippen LogP contribution in [0.25, 0.3) is 0 Å². The van der Waals surface area contributed by atoms with Gasteiger partial charge in [-0.1, -0.05) is 17.7 Å². The molecule has 0 heterocycles. The number of hydrogen-bond acceptors (Lipinski definition) is 2. The Labute approximate surface area is 88.5 Å². The first-order valence-corrected chi connectivity index (χ1v) is 5.20. The highest BCUT2D eigenvalue weighted by Crippen LogP contribution is 2.32. The molecule has 76 valence electrons. The predicted molar refractivity (Wildman–Crippen MR) is 55.7 cm³/mol. The van der Waals surface area contributed by atoms with Crippen LogP contribution < -0.4 is 4.74 Å². The van der Waals surface area contributed by atoms with Crippen molar-refractivity contribution >= 4 is 11.6 Å². The van der Waals surface area contributed by atoms with Crippen LogP contribution in [0.5, 0.6) is 5.75 Å². The number of hydrogen-bond donors (Lipinski definition) is 1. The summed E-state index contributed by atoms with van der Waals surface area (Å²) in [5.74, 6) is 1.17. The van der Waals surface area contributed by atoms with E-state index in [4.69, 9.17) is 16.3 Å². The number of aliphatic hydroxyl groups is 1. The Hall–Kier alpha value is -0.730. The molecular weight excluding hydrogens is 200 g/mol. The number of benzene rings is 1. The molecule has 0 bridgehead atoms. The molecule has 2 rings (SSSR count). The van der Waals surface area contributed by atoms with Gasteiger partial charge in [0.1, 0.15) is 12.4 Å².